The summed E-state index contributed by atoms with van der Waals surface area (Å²) < 4.78 is 4.99. The van der Waals surface area contributed by atoms with Crippen molar-refractivity contribution in [1.82, 2.24) is 9.97 Å². The number of rotatable bonds is 6. The van der Waals surface area contributed by atoms with Crippen molar-refractivity contribution in [2.45, 2.75) is 13.8 Å². The number of nitrogens with zero attached hydrogens (tertiary/aromatic N) is 2. The molecule has 0 unspecified atom stereocenters. The fourth-order valence-corrected chi connectivity index (χ4v) is 2.09. The second-order valence-electron chi connectivity index (χ2n) is 4.91. The van der Waals surface area contributed by atoms with Gasteiger partial charge in [0.25, 0.3) is 0 Å². The molecule has 0 spiro atoms. The fraction of sp³-hybridized carbons (Fsp3) is 0.333. The zero-order valence-electron chi connectivity index (χ0n) is 12.6. The van der Waals surface area contributed by atoms with Gasteiger partial charge in [-0.05, 0) is 37.1 Å². The second-order valence-corrected chi connectivity index (χ2v) is 4.91. The summed E-state index contributed by atoms with van der Waals surface area (Å²) in [4.78, 5) is 8.35. The first-order chi connectivity index (χ1) is 10.1. The lowest BCUT2D eigenvalue weighted by atomic mass is 10.1. The third-order valence-electron chi connectivity index (χ3n) is 2.97. The highest BCUT2D eigenvalue weighted by Crippen LogP contribution is 2.26. The molecule has 1 aromatic carbocycles. The average molecular weight is 287 g/mol. The van der Waals surface area contributed by atoms with Gasteiger partial charge in [0, 0.05) is 19.3 Å². The highest BCUT2D eigenvalue weighted by molar-refractivity contribution is 5.77. The molecule has 4 N–H and O–H groups in total. The van der Waals surface area contributed by atoms with Gasteiger partial charge < -0.3 is 21.1 Å². The molecule has 0 saturated carbocycles. The topological polar surface area (TPSA) is 85.1 Å². The Bertz CT molecular complexity index is 595. The number of nitrogens with one attached hydrogen (secondary N) is 2. The van der Waals surface area contributed by atoms with Crippen LogP contribution in [-0.2, 0) is 4.74 Å². The Labute approximate surface area is 124 Å². The van der Waals surface area contributed by atoms with Crippen LogP contribution in [0, 0.1) is 13.8 Å². The molecule has 0 fully saturated rings. The van der Waals surface area contributed by atoms with Crippen LogP contribution in [0.4, 0.5) is 23.0 Å². The summed E-state index contributed by atoms with van der Waals surface area (Å²) in [5.41, 5.74) is 9.92. The number of hydrogen-bond acceptors (Lipinski definition) is 6. The van der Waals surface area contributed by atoms with Crippen molar-refractivity contribution in [2.75, 3.05) is 36.6 Å². The van der Waals surface area contributed by atoms with Crippen LogP contribution in [0.1, 0.15) is 11.1 Å². The number of benzene rings is 1. The molecular formula is C15H21N5O. The maximum Gasteiger partial charge on any atom is 0.159 e. The van der Waals surface area contributed by atoms with Crippen molar-refractivity contribution in [2.24, 2.45) is 0 Å². The van der Waals surface area contributed by atoms with Gasteiger partial charge in [-0.25, -0.2) is 9.97 Å². The Kier molecular flexibility index (Phi) is 4.94. The van der Waals surface area contributed by atoms with Gasteiger partial charge >= 0.3 is 0 Å². The largest absolute Gasteiger partial charge is 0.393 e. The molecule has 0 aliphatic carbocycles. The highest BCUT2D eigenvalue weighted by Gasteiger charge is 2.08. The Morgan fingerprint density at radius 1 is 1.10 bits per heavy atom. The quantitative estimate of drug-likeness (QED) is 0.708. The van der Waals surface area contributed by atoms with E-state index < -0.39 is 0 Å². The number of hydrogen-bond donors (Lipinski definition) is 3. The van der Waals surface area contributed by atoms with Crippen LogP contribution in [0.2, 0.25) is 0 Å². The molecule has 0 radical (unpaired) electrons. The summed E-state index contributed by atoms with van der Waals surface area (Å²) >= 11 is 0. The predicted octanol–water partition coefficient (Wildman–Crippen LogP) is 2.48. The van der Waals surface area contributed by atoms with Crippen LogP contribution in [0.15, 0.2) is 24.5 Å². The number of anilines is 4. The van der Waals surface area contributed by atoms with Gasteiger partial charge in [0.1, 0.15) is 12.0 Å². The number of ether oxygens (including phenoxy) is 1. The molecule has 1 heterocycles. The minimum atomic E-state index is 0.493. The zero-order valence-corrected chi connectivity index (χ0v) is 12.6. The van der Waals surface area contributed by atoms with E-state index in [1.54, 1.807) is 7.11 Å². The van der Waals surface area contributed by atoms with E-state index >= 15 is 0 Å². The SMILES string of the molecule is COCCNc1ncnc(Nc2cc(C)cc(C)c2)c1N. The smallest absolute Gasteiger partial charge is 0.159 e. The Morgan fingerprint density at radius 3 is 2.43 bits per heavy atom. The molecule has 112 valence electrons. The number of aromatic nitrogens is 2. The predicted molar refractivity (Wildman–Crippen MR) is 86.0 cm³/mol. The van der Waals surface area contributed by atoms with Crippen molar-refractivity contribution in [3.63, 3.8) is 0 Å². The highest BCUT2D eigenvalue weighted by atomic mass is 16.5. The molecule has 0 saturated heterocycles. The number of nitrogen functional groups attached to an aromatic ring is 1. The summed E-state index contributed by atoms with van der Waals surface area (Å²) in [7, 11) is 1.65. The van der Waals surface area contributed by atoms with Gasteiger partial charge in [-0.15, -0.1) is 0 Å². The first-order valence-corrected chi connectivity index (χ1v) is 6.78. The maximum atomic E-state index is 6.10. The molecule has 0 atom stereocenters. The monoisotopic (exact) mass is 287 g/mol. The van der Waals surface area contributed by atoms with Crippen molar-refractivity contribution in [3.05, 3.63) is 35.7 Å². The van der Waals surface area contributed by atoms with E-state index in [2.05, 4.69) is 40.5 Å². The maximum absolute atomic E-state index is 6.10. The molecule has 6 nitrogen and oxygen atoms in total. The van der Waals surface area contributed by atoms with Gasteiger partial charge in [0.2, 0.25) is 0 Å². The van der Waals surface area contributed by atoms with Crippen LogP contribution in [0.5, 0.6) is 0 Å². The van der Waals surface area contributed by atoms with E-state index in [1.807, 2.05) is 12.1 Å². The first-order valence-electron chi connectivity index (χ1n) is 6.78. The Hall–Kier alpha value is -2.34. The number of nitrogens with two attached hydrogens (primary N) is 1. The van der Waals surface area contributed by atoms with Crippen LogP contribution >= 0.6 is 0 Å². The summed E-state index contributed by atoms with van der Waals surface area (Å²) in [6.45, 7) is 5.34. The third kappa shape index (κ3) is 4.06. The summed E-state index contributed by atoms with van der Waals surface area (Å²) in [5.74, 6) is 1.20. The van der Waals surface area contributed by atoms with Crippen molar-refractivity contribution in [1.29, 1.82) is 0 Å². The standard InChI is InChI=1S/C15H21N5O/c1-10-6-11(2)8-12(7-10)20-15-13(16)14(18-9-19-15)17-4-5-21-3/h6-9H,4-5,16H2,1-3H3,(H2,17,18,19,20). The van der Waals surface area contributed by atoms with Crippen LogP contribution in [-0.4, -0.2) is 30.2 Å². The first kappa shape index (κ1) is 15.1. The van der Waals surface area contributed by atoms with Gasteiger partial charge in [-0.1, -0.05) is 6.07 Å². The molecule has 0 aliphatic rings. The van der Waals surface area contributed by atoms with E-state index in [4.69, 9.17) is 10.5 Å². The Morgan fingerprint density at radius 2 is 1.76 bits per heavy atom. The molecule has 0 amide bonds. The van der Waals surface area contributed by atoms with E-state index in [0.717, 1.165) is 5.69 Å². The third-order valence-corrected chi connectivity index (χ3v) is 2.97. The normalized spacial score (nSPS) is 10.4. The van der Waals surface area contributed by atoms with Gasteiger partial charge in [-0.2, -0.15) is 0 Å². The summed E-state index contributed by atoms with van der Waals surface area (Å²) in [6.07, 6.45) is 1.48. The lowest BCUT2D eigenvalue weighted by Crippen LogP contribution is -2.12. The number of aryl methyl sites for hydroxylation is 2. The van der Waals surface area contributed by atoms with Crippen molar-refractivity contribution < 1.29 is 4.74 Å². The molecule has 2 aromatic rings. The lowest BCUT2D eigenvalue weighted by molar-refractivity contribution is 0.210. The number of methoxy groups -OCH3 is 1. The van der Waals surface area contributed by atoms with E-state index in [9.17, 15) is 0 Å². The van der Waals surface area contributed by atoms with Gasteiger partial charge in [0.05, 0.1) is 6.61 Å². The van der Waals surface area contributed by atoms with Crippen LogP contribution < -0.4 is 16.4 Å². The molecule has 0 bridgehead atoms. The fourth-order valence-electron chi connectivity index (χ4n) is 2.09. The van der Waals surface area contributed by atoms with Gasteiger partial charge in [-0.3, -0.25) is 0 Å². The minimum absolute atomic E-state index is 0.493. The molecule has 21 heavy (non-hydrogen) atoms. The molecule has 1 aromatic heterocycles. The Balaban J connectivity index is 2.18. The minimum Gasteiger partial charge on any atom is -0.393 e. The molecular weight excluding hydrogens is 266 g/mol. The van der Waals surface area contributed by atoms with E-state index in [0.29, 0.717) is 30.5 Å². The molecule has 2 rings (SSSR count). The van der Waals surface area contributed by atoms with Crippen LogP contribution in [0.3, 0.4) is 0 Å². The summed E-state index contributed by atoms with van der Waals surface area (Å²) in [5, 5.41) is 6.36. The summed E-state index contributed by atoms with van der Waals surface area (Å²) in [6, 6.07) is 6.21. The second kappa shape index (κ2) is 6.90. The van der Waals surface area contributed by atoms with Crippen molar-refractivity contribution >= 4 is 23.0 Å². The van der Waals surface area contributed by atoms with E-state index in [1.165, 1.54) is 17.5 Å². The molecule has 0 aliphatic heterocycles. The lowest BCUT2D eigenvalue weighted by Gasteiger charge is -2.13. The van der Waals surface area contributed by atoms with Crippen molar-refractivity contribution in [3.8, 4) is 0 Å². The van der Waals surface area contributed by atoms with Gasteiger partial charge in [0.15, 0.2) is 11.6 Å². The zero-order chi connectivity index (χ0) is 15.2. The van der Waals surface area contributed by atoms with E-state index in [-0.39, 0.29) is 0 Å². The molecule has 6 heteroatoms. The van der Waals surface area contributed by atoms with Crippen LogP contribution in [0.25, 0.3) is 0 Å². The average Bonchev–Trinajstić information content (AvgIpc) is 2.42.